The Morgan fingerprint density at radius 3 is 2.68 bits per heavy atom. The third-order valence-corrected chi connectivity index (χ3v) is 5.45. The molecule has 0 spiro atoms. The number of carbonyl (C=O) groups excluding carboxylic acids is 1. The average molecular weight is 405 g/mol. The highest BCUT2D eigenvalue weighted by Crippen LogP contribution is 2.39. The molecule has 3 rings (SSSR count). The Hall–Kier alpha value is -2.64. The lowest BCUT2D eigenvalue weighted by atomic mass is 9.73. The summed E-state index contributed by atoms with van der Waals surface area (Å²) in [5, 5.41) is 14.1. The highest BCUT2D eigenvalue weighted by molar-refractivity contribution is 6.33. The number of nitrogens with zero attached hydrogens (tertiary/aromatic N) is 1. The van der Waals surface area contributed by atoms with Gasteiger partial charge in [0.05, 0.1) is 22.6 Å². The zero-order valence-corrected chi connectivity index (χ0v) is 16.2. The smallest absolute Gasteiger partial charge is 0.270 e. The minimum Gasteiger partial charge on any atom is -0.496 e. The number of non-ortho nitro benzene ring substituents is 1. The van der Waals surface area contributed by atoms with E-state index < -0.39 is 10.8 Å². The average Bonchev–Trinajstić information content (AvgIpc) is 2.72. The first-order valence-electron chi connectivity index (χ1n) is 8.90. The Labute approximate surface area is 167 Å². The van der Waals surface area contributed by atoms with Crippen LogP contribution in [0.15, 0.2) is 42.5 Å². The predicted octanol–water partition coefficient (Wildman–Crippen LogP) is 3.74. The molecular formula is C20H21ClN2O5. The number of para-hydroxylation sites is 1. The van der Waals surface area contributed by atoms with Crippen LogP contribution in [0.1, 0.15) is 28.8 Å². The maximum absolute atomic E-state index is 12.7. The molecule has 1 amide bonds. The van der Waals surface area contributed by atoms with Crippen molar-refractivity contribution < 1.29 is 19.2 Å². The summed E-state index contributed by atoms with van der Waals surface area (Å²) in [7, 11) is 1.62. The van der Waals surface area contributed by atoms with Gasteiger partial charge in [-0.25, -0.2) is 0 Å². The van der Waals surface area contributed by atoms with Gasteiger partial charge in [0.2, 0.25) is 0 Å². The molecule has 28 heavy (non-hydrogen) atoms. The van der Waals surface area contributed by atoms with Gasteiger partial charge in [0, 0.05) is 42.9 Å². The van der Waals surface area contributed by atoms with Crippen molar-refractivity contribution in [1.29, 1.82) is 0 Å². The second-order valence-corrected chi connectivity index (χ2v) is 7.10. The van der Waals surface area contributed by atoms with E-state index in [0.29, 0.717) is 19.8 Å². The number of rotatable bonds is 6. The van der Waals surface area contributed by atoms with Crippen LogP contribution >= 0.6 is 11.6 Å². The number of methoxy groups -OCH3 is 1. The maximum Gasteiger partial charge on any atom is 0.270 e. The van der Waals surface area contributed by atoms with Crippen LogP contribution in [0.4, 0.5) is 5.69 Å². The molecule has 2 aromatic rings. The van der Waals surface area contributed by atoms with Gasteiger partial charge in [-0.1, -0.05) is 29.8 Å². The predicted molar refractivity (Wildman–Crippen MR) is 105 cm³/mol. The van der Waals surface area contributed by atoms with Crippen LogP contribution in [0.25, 0.3) is 0 Å². The van der Waals surface area contributed by atoms with Crippen molar-refractivity contribution in [1.82, 2.24) is 5.32 Å². The van der Waals surface area contributed by atoms with E-state index in [9.17, 15) is 14.9 Å². The number of carbonyl (C=O) groups is 1. The highest BCUT2D eigenvalue weighted by atomic mass is 35.5. The lowest BCUT2D eigenvalue weighted by Crippen LogP contribution is -2.44. The van der Waals surface area contributed by atoms with E-state index in [-0.39, 0.29) is 21.7 Å². The van der Waals surface area contributed by atoms with Crippen molar-refractivity contribution in [3.05, 3.63) is 68.7 Å². The van der Waals surface area contributed by atoms with E-state index in [2.05, 4.69) is 5.32 Å². The van der Waals surface area contributed by atoms with Crippen molar-refractivity contribution in [3.63, 3.8) is 0 Å². The summed E-state index contributed by atoms with van der Waals surface area (Å²) >= 11 is 6.09. The third-order valence-electron chi connectivity index (χ3n) is 5.12. The Morgan fingerprint density at radius 1 is 1.29 bits per heavy atom. The number of nitro benzene ring substituents is 1. The van der Waals surface area contributed by atoms with Gasteiger partial charge in [0.25, 0.3) is 11.6 Å². The first-order valence-corrected chi connectivity index (χ1v) is 9.28. The summed E-state index contributed by atoms with van der Waals surface area (Å²) in [4.78, 5) is 23.2. The molecular weight excluding hydrogens is 384 g/mol. The monoisotopic (exact) mass is 404 g/mol. The normalized spacial score (nSPS) is 15.6. The fourth-order valence-corrected chi connectivity index (χ4v) is 3.74. The van der Waals surface area contributed by atoms with Crippen LogP contribution in [0.2, 0.25) is 5.02 Å². The van der Waals surface area contributed by atoms with Gasteiger partial charge < -0.3 is 14.8 Å². The maximum atomic E-state index is 12.7. The van der Waals surface area contributed by atoms with E-state index in [1.165, 1.54) is 18.2 Å². The molecule has 0 atom stereocenters. The van der Waals surface area contributed by atoms with Crippen molar-refractivity contribution in [2.45, 2.75) is 18.3 Å². The van der Waals surface area contributed by atoms with Crippen molar-refractivity contribution in [2.75, 3.05) is 26.9 Å². The van der Waals surface area contributed by atoms with Gasteiger partial charge in [0.1, 0.15) is 5.75 Å². The molecule has 1 heterocycles. The van der Waals surface area contributed by atoms with Gasteiger partial charge in [-0.2, -0.15) is 0 Å². The molecule has 1 aliphatic heterocycles. The zero-order valence-electron chi connectivity index (χ0n) is 15.4. The van der Waals surface area contributed by atoms with Crippen LogP contribution in [-0.4, -0.2) is 37.7 Å². The first kappa shape index (κ1) is 20.1. The van der Waals surface area contributed by atoms with Crippen molar-refractivity contribution in [2.24, 2.45) is 0 Å². The number of benzene rings is 2. The van der Waals surface area contributed by atoms with Gasteiger partial charge in [-0.3, -0.25) is 14.9 Å². The summed E-state index contributed by atoms with van der Waals surface area (Å²) in [6.07, 6.45) is 1.44. The molecule has 0 aromatic heterocycles. The molecule has 1 aliphatic rings. The molecule has 7 nitrogen and oxygen atoms in total. The van der Waals surface area contributed by atoms with Crippen molar-refractivity contribution >= 4 is 23.2 Å². The van der Waals surface area contributed by atoms with Crippen LogP contribution in [-0.2, 0) is 10.2 Å². The lowest BCUT2D eigenvalue weighted by molar-refractivity contribution is -0.384. The van der Waals surface area contributed by atoms with E-state index in [1.807, 2.05) is 24.3 Å². The lowest BCUT2D eigenvalue weighted by Gasteiger charge is -2.38. The molecule has 1 fully saturated rings. The Balaban J connectivity index is 1.86. The van der Waals surface area contributed by atoms with E-state index in [0.717, 1.165) is 24.2 Å². The molecule has 0 bridgehead atoms. The second kappa shape index (κ2) is 8.58. The number of nitro groups is 1. The zero-order chi connectivity index (χ0) is 20.1. The van der Waals surface area contributed by atoms with Crippen LogP contribution < -0.4 is 10.1 Å². The molecule has 1 saturated heterocycles. The molecule has 148 valence electrons. The molecule has 2 aromatic carbocycles. The minimum atomic E-state index is -0.554. The van der Waals surface area contributed by atoms with Crippen LogP contribution in [0.3, 0.4) is 0 Å². The fraction of sp³-hybridized carbons (Fsp3) is 0.350. The first-order chi connectivity index (χ1) is 13.5. The molecule has 0 aliphatic carbocycles. The van der Waals surface area contributed by atoms with E-state index in [1.54, 1.807) is 7.11 Å². The number of nitrogens with one attached hydrogen (secondary N) is 1. The number of hydrogen-bond donors (Lipinski definition) is 1. The Bertz CT molecular complexity index is 881. The number of halogens is 1. The van der Waals surface area contributed by atoms with Gasteiger partial charge >= 0.3 is 0 Å². The summed E-state index contributed by atoms with van der Waals surface area (Å²) in [5.74, 6) is 0.307. The fourth-order valence-electron chi connectivity index (χ4n) is 3.53. The number of ether oxygens (including phenoxy) is 2. The van der Waals surface area contributed by atoms with Crippen LogP contribution in [0.5, 0.6) is 5.75 Å². The molecule has 0 saturated carbocycles. The number of amides is 1. The summed E-state index contributed by atoms with van der Waals surface area (Å²) in [6, 6.07) is 11.6. The molecule has 1 N–H and O–H groups in total. The van der Waals surface area contributed by atoms with Gasteiger partial charge in [0.15, 0.2) is 0 Å². The number of hydrogen-bond acceptors (Lipinski definition) is 5. The van der Waals surface area contributed by atoms with E-state index in [4.69, 9.17) is 21.1 Å². The quantitative estimate of drug-likeness (QED) is 0.585. The van der Waals surface area contributed by atoms with Crippen LogP contribution in [0, 0.1) is 10.1 Å². The van der Waals surface area contributed by atoms with Gasteiger partial charge in [-0.05, 0) is 25.0 Å². The largest absolute Gasteiger partial charge is 0.496 e. The highest BCUT2D eigenvalue weighted by Gasteiger charge is 2.37. The van der Waals surface area contributed by atoms with E-state index >= 15 is 0 Å². The molecule has 8 heteroatoms. The third kappa shape index (κ3) is 4.10. The summed E-state index contributed by atoms with van der Waals surface area (Å²) < 4.78 is 11.0. The standard InChI is InChI=1S/C20H21ClN2O5/c1-27-18-5-3-2-4-16(18)20(8-10-28-11-9-20)13-22-19(24)15-12-14(23(25)26)6-7-17(15)21/h2-7,12H,8-11,13H2,1H3,(H,22,24). The molecule has 0 unspecified atom stereocenters. The molecule has 0 radical (unpaired) electrons. The van der Waals surface area contributed by atoms with Crippen molar-refractivity contribution in [3.8, 4) is 5.75 Å². The SMILES string of the molecule is COc1ccccc1C1(CNC(=O)c2cc([N+](=O)[O-])ccc2Cl)CCOCC1. The topological polar surface area (TPSA) is 90.7 Å². The van der Waals surface area contributed by atoms with Gasteiger partial charge in [-0.15, -0.1) is 0 Å². The summed E-state index contributed by atoms with van der Waals surface area (Å²) in [6.45, 7) is 1.49. The second-order valence-electron chi connectivity index (χ2n) is 6.70. The Morgan fingerprint density at radius 2 is 2.00 bits per heavy atom. The summed E-state index contributed by atoms with van der Waals surface area (Å²) in [5.41, 5.74) is 0.553. The Kier molecular flexibility index (Phi) is 6.16. The minimum absolute atomic E-state index is 0.0816.